The van der Waals surface area contributed by atoms with Gasteiger partial charge in [-0.25, -0.2) is 4.79 Å². The van der Waals surface area contributed by atoms with E-state index in [-0.39, 0.29) is 62.7 Å². The predicted molar refractivity (Wildman–Crippen MR) is 298 cm³/mol. The zero-order valence-electron chi connectivity index (χ0n) is 46.7. The van der Waals surface area contributed by atoms with Crippen molar-refractivity contribution in [1.29, 1.82) is 0 Å². The van der Waals surface area contributed by atoms with Gasteiger partial charge in [0.1, 0.15) is 54.1 Å². The fourth-order valence-electron chi connectivity index (χ4n) is 8.96. The number of carboxylic acid groups (broad SMARTS) is 2. The number of nitrogens with two attached hydrogens (primary N) is 2. The molecule has 0 saturated carbocycles. The third-order valence-corrected chi connectivity index (χ3v) is 14.1. The van der Waals surface area contributed by atoms with E-state index < -0.39 is 145 Å². The maximum Gasteiger partial charge on any atom is 0.326 e. The van der Waals surface area contributed by atoms with Crippen molar-refractivity contribution in [2.45, 2.75) is 167 Å². The molecule has 25 heteroatoms. The topological polar surface area (TPSA) is 388 Å². The number of aliphatic carboxylic acids is 2. The van der Waals surface area contributed by atoms with E-state index in [2.05, 4.69) is 37.2 Å². The Hall–Kier alpha value is -7.28. The Bertz CT molecular complexity index is 2450. The van der Waals surface area contributed by atoms with Gasteiger partial charge in [0, 0.05) is 25.8 Å². The highest BCUT2D eigenvalue weighted by Crippen LogP contribution is 2.22. The van der Waals surface area contributed by atoms with E-state index in [1.807, 2.05) is 13.8 Å². The molecule has 0 bridgehead atoms. The van der Waals surface area contributed by atoms with Crippen LogP contribution in [0.4, 0.5) is 0 Å². The summed E-state index contributed by atoms with van der Waals surface area (Å²) in [6.45, 7) is 10.8. The average molecular weight is 1140 g/mol. The molecule has 3 rings (SSSR count). The molecule has 24 nitrogen and oxygen atoms in total. The number of primary amides is 1. The summed E-state index contributed by atoms with van der Waals surface area (Å²) in [6, 6.07) is 2.81. The summed E-state index contributed by atoms with van der Waals surface area (Å²) in [5.74, 6) is -10.3. The van der Waals surface area contributed by atoms with Crippen molar-refractivity contribution in [3.05, 3.63) is 65.7 Å². The minimum absolute atomic E-state index is 0.0351. The number of phenols is 1. The fraction of sp³-hybridized carbons (Fsp3) is 0.582. The standard InChI is InChI=1S/C55H82N10O14S/c1-8-32(6)46(53(76)59-38(22-24-80-7)49(72)58-37(20-21-45(68)69)48(71)63-42(55(78)79)26-31(4)5)64-51(74)40(27-33-13-10-9-11-14-33)61-52(75)43-15-12-23-65(43)54(77)41(25-30(2)3)62-50(73)39(28-34-16-18-35(66)19-17-34)60-47(70)36(56)29-44(57)67/h9-11,13-14,16-19,30-32,36-43,46,66H,8,12,15,20-29,56H2,1-7H3,(H2,57,67)(H,58,72)(H,59,76)(H,60,70)(H,61,75)(H,62,73)(H,63,71)(H,64,74)(H,68,69)(H,78,79)/t32-,36-,37-,38-,39-,40-,41-,42-,43-,46-/m0/s1. The van der Waals surface area contributed by atoms with Crippen LogP contribution >= 0.6 is 11.8 Å². The lowest BCUT2D eigenvalue weighted by Gasteiger charge is -2.32. The van der Waals surface area contributed by atoms with E-state index >= 15 is 0 Å². The smallest absolute Gasteiger partial charge is 0.326 e. The van der Waals surface area contributed by atoms with Crippen LogP contribution in [-0.2, 0) is 65.6 Å². The zero-order valence-corrected chi connectivity index (χ0v) is 47.5. The van der Waals surface area contributed by atoms with Crippen molar-refractivity contribution in [3.8, 4) is 5.75 Å². The number of carbonyl (C=O) groups excluding carboxylic acids is 9. The molecule has 2 aromatic rings. The third kappa shape index (κ3) is 22.5. The highest BCUT2D eigenvalue weighted by atomic mass is 32.2. The lowest BCUT2D eigenvalue weighted by molar-refractivity contribution is -0.143. The van der Waals surface area contributed by atoms with Gasteiger partial charge in [0.25, 0.3) is 0 Å². The van der Waals surface area contributed by atoms with E-state index in [4.69, 9.17) is 11.5 Å². The number of rotatable bonds is 34. The van der Waals surface area contributed by atoms with Crippen LogP contribution in [-0.4, -0.2) is 158 Å². The number of phenolic OH excluding ortho intramolecular Hbond substituents is 1. The molecule has 0 aromatic heterocycles. The second-order valence-electron chi connectivity index (χ2n) is 21.1. The Morgan fingerprint density at radius 2 is 1.14 bits per heavy atom. The number of nitrogens with one attached hydrogen (secondary N) is 7. The number of benzene rings is 2. The SMILES string of the molecule is CC[C@H](C)[C@H](NC(=O)[C@H](Cc1ccccc1)NC(=O)[C@@H]1CCCN1C(=O)[C@H](CC(C)C)NC(=O)[C@H](Cc1ccc(O)cc1)NC(=O)[C@@H](N)CC(N)=O)C(=O)N[C@@H](CCSC)C(=O)N[C@@H](CCC(=O)O)C(=O)N[C@@H](CC(C)C)C(=O)O. The molecule has 1 aliphatic rings. The number of nitrogens with zero attached hydrogens (tertiary/aromatic N) is 1. The Labute approximate surface area is 471 Å². The monoisotopic (exact) mass is 1140 g/mol. The molecule has 0 radical (unpaired) electrons. The summed E-state index contributed by atoms with van der Waals surface area (Å²) in [4.78, 5) is 149. The van der Waals surface area contributed by atoms with Crippen molar-refractivity contribution in [2.24, 2.45) is 29.2 Å². The highest BCUT2D eigenvalue weighted by molar-refractivity contribution is 7.98. The Balaban J connectivity index is 1.92. The summed E-state index contributed by atoms with van der Waals surface area (Å²) < 4.78 is 0. The van der Waals surface area contributed by atoms with Crippen LogP contribution in [0.1, 0.15) is 110 Å². The predicted octanol–water partition coefficient (Wildman–Crippen LogP) is 0.605. The van der Waals surface area contributed by atoms with Gasteiger partial charge >= 0.3 is 11.9 Å². The molecule has 0 spiro atoms. The van der Waals surface area contributed by atoms with Crippen LogP contribution < -0.4 is 48.7 Å². The number of hydrogen-bond donors (Lipinski definition) is 12. The molecule has 1 saturated heterocycles. The van der Waals surface area contributed by atoms with Gasteiger partial charge in [-0.2, -0.15) is 11.8 Å². The van der Waals surface area contributed by atoms with Crippen molar-refractivity contribution in [3.63, 3.8) is 0 Å². The number of amides is 9. The quantitative estimate of drug-likeness (QED) is 0.0457. The van der Waals surface area contributed by atoms with Crippen LogP contribution in [0.2, 0.25) is 0 Å². The molecule has 80 heavy (non-hydrogen) atoms. The van der Waals surface area contributed by atoms with Crippen molar-refractivity contribution in [2.75, 3.05) is 18.6 Å². The number of carbonyl (C=O) groups is 11. The van der Waals surface area contributed by atoms with Crippen LogP contribution in [0, 0.1) is 17.8 Å². The number of hydrogen-bond acceptors (Lipinski definition) is 14. The van der Waals surface area contributed by atoms with E-state index in [1.165, 1.54) is 40.9 Å². The molecule has 9 amide bonds. The fourth-order valence-corrected chi connectivity index (χ4v) is 9.43. The largest absolute Gasteiger partial charge is 0.508 e. The second-order valence-corrected chi connectivity index (χ2v) is 22.1. The first kappa shape index (κ1) is 67.0. The molecule has 0 unspecified atom stereocenters. The summed E-state index contributed by atoms with van der Waals surface area (Å²) >= 11 is 1.35. The minimum atomic E-state index is -1.49. The molecule has 1 aliphatic heterocycles. The van der Waals surface area contributed by atoms with E-state index in [1.54, 1.807) is 64.3 Å². The van der Waals surface area contributed by atoms with Crippen LogP contribution in [0.5, 0.6) is 5.75 Å². The lowest BCUT2D eigenvalue weighted by Crippen LogP contribution is -2.61. The summed E-state index contributed by atoms with van der Waals surface area (Å²) in [5.41, 5.74) is 12.3. The zero-order chi connectivity index (χ0) is 59.8. The van der Waals surface area contributed by atoms with Gasteiger partial charge in [-0.05, 0) is 91.5 Å². The maximum absolute atomic E-state index is 14.6. The van der Waals surface area contributed by atoms with E-state index in [0.717, 1.165) is 0 Å². The van der Waals surface area contributed by atoms with Crippen LogP contribution in [0.15, 0.2) is 54.6 Å². The molecular weight excluding hydrogens is 1060 g/mol. The first-order chi connectivity index (χ1) is 37.7. The first-order valence-corrected chi connectivity index (χ1v) is 28.4. The number of carboxylic acids is 2. The molecule has 442 valence electrons. The Kier molecular flexibility index (Phi) is 27.9. The molecule has 1 heterocycles. The minimum Gasteiger partial charge on any atom is -0.508 e. The third-order valence-electron chi connectivity index (χ3n) is 13.5. The van der Waals surface area contributed by atoms with Gasteiger partial charge < -0.3 is 68.9 Å². The summed E-state index contributed by atoms with van der Waals surface area (Å²) in [7, 11) is 0. The second kappa shape index (κ2) is 33.3. The van der Waals surface area contributed by atoms with Crippen molar-refractivity contribution in [1.82, 2.24) is 42.1 Å². The number of likely N-dealkylation sites (tertiary alicyclic amines) is 1. The average Bonchev–Trinajstić information content (AvgIpc) is 3.90. The molecule has 0 aliphatic carbocycles. The molecule has 14 N–H and O–H groups in total. The maximum atomic E-state index is 14.6. The van der Waals surface area contributed by atoms with Crippen LogP contribution in [0.3, 0.4) is 0 Å². The number of thioether (sulfide) groups is 1. The van der Waals surface area contributed by atoms with Crippen LogP contribution in [0.25, 0.3) is 0 Å². The normalized spacial score (nSPS) is 16.5. The summed E-state index contributed by atoms with van der Waals surface area (Å²) in [5, 5.41) is 47.6. The Morgan fingerprint density at radius 1 is 0.637 bits per heavy atom. The summed E-state index contributed by atoms with van der Waals surface area (Å²) in [6.07, 6.45) is 1.27. The lowest BCUT2D eigenvalue weighted by atomic mass is 9.96. The van der Waals surface area contributed by atoms with Crippen molar-refractivity contribution < 1.29 is 68.1 Å². The Morgan fingerprint density at radius 3 is 1.69 bits per heavy atom. The van der Waals surface area contributed by atoms with Gasteiger partial charge in [-0.1, -0.05) is 90.4 Å². The molecule has 2 aromatic carbocycles. The van der Waals surface area contributed by atoms with E-state index in [0.29, 0.717) is 29.7 Å². The molecule has 1 fully saturated rings. The van der Waals surface area contributed by atoms with Crippen molar-refractivity contribution >= 4 is 76.9 Å². The van der Waals surface area contributed by atoms with Gasteiger partial charge in [0.15, 0.2) is 0 Å². The van der Waals surface area contributed by atoms with Gasteiger partial charge in [-0.3, -0.25) is 47.9 Å². The highest BCUT2D eigenvalue weighted by Gasteiger charge is 2.41. The molecular formula is C55H82N10O14S. The van der Waals surface area contributed by atoms with Gasteiger partial charge in [0.2, 0.25) is 53.2 Å². The number of aromatic hydroxyl groups is 1. The molecule has 10 atom stereocenters. The van der Waals surface area contributed by atoms with Gasteiger partial charge in [0.05, 0.1) is 12.5 Å². The van der Waals surface area contributed by atoms with Gasteiger partial charge in [-0.15, -0.1) is 0 Å². The van der Waals surface area contributed by atoms with E-state index in [9.17, 15) is 68.1 Å². The first-order valence-electron chi connectivity index (χ1n) is 27.0.